The van der Waals surface area contributed by atoms with Gasteiger partial charge in [-0.25, -0.2) is 0 Å². The van der Waals surface area contributed by atoms with E-state index in [0.717, 1.165) is 18.3 Å². The molecule has 0 N–H and O–H groups in total. The molecule has 8 atom stereocenters. The van der Waals surface area contributed by atoms with E-state index in [4.69, 9.17) is 14.2 Å². The zero-order valence-electron chi connectivity index (χ0n) is 13.4. The Labute approximate surface area is 123 Å². The molecule has 0 amide bonds. The third-order valence-electron chi connectivity index (χ3n) is 6.11. The van der Waals surface area contributed by atoms with Crippen LogP contribution in [0.3, 0.4) is 0 Å². The maximum atomic E-state index is 6.26. The first-order valence-electron chi connectivity index (χ1n) is 8.45. The summed E-state index contributed by atoms with van der Waals surface area (Å²) in [6, 6.07) is 0. The molecule has 20 heavy (non-hydrogen) atoms. The highest BCUT2D eigenvalue weighted by Gasteiger charge is 2.51. The third-order valence-corrected chi connectivity index (χ3v) is 6.11. The van der Waals surface area contributed by atoms with Crippen molar-refractivity contribution in [2.24, 2.45) is 29.6 Å². The molecule has 3 unspecified atom stereocenters. The average Bonchev–Trinajstić information content (AvgIpc) is 2.41. The minimum atomic E-state index is -0.0954. The Hall–Kier alpha value is -0.120. The molecule has 1 aliphatic carbocycles. The highest BCUT2D eigenvalue weighted by molar-refractivity contribution is 4.94. The van der Waals surface area contributed by atoms with Gasteiger partial charge in [-0.15, -0.1) is 0 Å². The van der Waals surface area contributed by atoms with Crippen molar-refractivity contribution >= 4 is 0 Å². The molecule has 0 radical (unpaired) electrons. The van der Waals surface area contributed by atoms with Crippen LogP contribution in [0, 0.1) is 29.6 Å². The molecule has 3 aliphatic rings. The van der Waals surface area contributed by atoms with E-state index in [-0.39, 0.29) is 12.6 Å². The summed E-state index contributed by atoms with van der Waals surface area (Å²) >= 11 is 0. The normalized spacial score (nSPS) is 52.8. The molecule has 1 saturated carbocycles. The minimum absolute atomic E-state index is 0.0517. The molecule has 116 valence electrons. The highest BCUT2D eigenvalue weighted by atomic mass is 16.8. The van der Waals surface area contributed by atoms with Crippen LogP contribution in [0.15, 0.2) is 0 Å². The fraction of sp³-hybridized carbons (Fsp3) is 1.00. The van der Waals surface area contributed by atoms with Gasteiger partial charge in [0, 0.05) is 18.9 Å². The lowest BCUT2D eigenvalue weighted by molar-refractivity contribution is -0.338. The molecule has 2 heterocycles. The Kier molecular flexibility index (Phi) is 4.40. The van der Waals surface area contributed by atoms with Crippen LogP contribution in [0.5, 0.6) is 0 Å². The molecule has 3 heteroatoms. The smallest absolute Gasteiger partial charge is 0.164 e. The second-order valence-electron chi connectivity index (χ2n) is 7.30. The van der Waals surface area contributed by atoms with E-state index in [1.165, 1.54) is 25.7 Å². The van der Waals surface area contributed by atoms with E-state index >= 15 is 0 Å². The Morgan fingerprint density at radius 2 is 1.70 bits per heavy atom. The minimum Gasteiger partial charge on any atom is -0.355 e. The lowest BCUT2D eigenvalue weighted by atomic mass is 9.60. The van der Waals surface area contributed by atoms with E-state index in [1.807, 2.05) is 0 Å². The summed E-state index contributed by atoms with van der Waals surface area (Å²) < 4.78 is 18.0. The molecule has 0 aromatic carbocycles. The Morgan fingerprint density at radius 1 is 0.900 bits per heavy atom. The second kappa shape index (κ2) is 5.94. The summed E-state index contributed by atoms with van der Waals surface area (Å²) in [6.07, 6.45) is 6.63. The van der Waals surface area contributed by atoms with Crippen molar-refractivity contribution in [2.75, 3.05) is 7.11 Å². The SMILES string of the molecule is CO[C@H]1O[C@@H]2O[C@@H](C)CCCC3C2[C@@H](CC[C@H]3C)C1C. The molecule has 0 aromatic rings. The molecule has 0 aromatic heterocycles. The number of hydrogen-bond donors (Lipinski definition) is 0. The van der Waals surface area contributed by atoms with Gasteiger partial charge in [0.1, 0.15) is 0 Å². The molecular weight excluding hydrogens is 252 g/mol. The maximum Gasteiger partial charge on any atom is 0.164 e. The standard InChI is InChI=1S/C17H30O3/c1-10-8-9-14-12(3)16(18-4)20-17-15(14)13(10)7-5-6-11(2)19-17/h10-17H,5-9H2,1-4H3/t10-,11+,12?,13?,14+,15?,16+,17+/m1/s1. The lowest BCUT2D eigenvalue weighted by Crippen LogP contribution is -2.55. The quantitative estimate of drug-likeness (QED) is 0.732. The van der Waals surface area contributed by atoms with E-state index in [1.54, 1.807) is 7.11 Å². The van der Waals surface area contributed by atoms with Crippen molar-refractivity contribution < 1.29 is 14.2 Å². The first-order valence-corrected chi connectivity index (χ1v) is 8.45. The van der Waals surface area contributed by atoms with Gasteiger partial charge in [0.25, 0.3) is 0 Å². The van der Waals surface area contributed by atoms with Crippen LogP contribution < -0.4 is 0 Å². The summed E-state index contributed by atoms with van der Waals surface area (Å²) in [5.74, 6) is 3.33. The first kappa shape index (κ1) is 14.8. The summed E-state index contributed by atoms with van der Waals surface area (Å²) in [5, 5.41) is 0. The van der Waals surface area contributed by atoms with Gasteiger partial charge in [-0.2, -0.15) is 0 Å². The predicted molar refractivity (Wildman–Crippen MR) is 78.1 cm³/mol. The van der Waals surface area contributed by atoms with Crippen molar-refractivity contribution in [3.63, 3.8) is 0 Å². The molecule has 3 rings (SSSR count). The van der Waals surface area contributed by atoms with Gasteiger partial charge in [-0.05, 0) is 43.9 Å². The number of rotatable bonds is 1. The molecule has 2 saturated heterocycles. The zero-order chi connectivity index (χ0) is 14.3. The summed E-state index contributed by atoms with van der Waals surface area (Å²) in [7, 11) is 1.76. The van der Waals surface area contributed by atoms with Crippen LogP contribution in [0.4, 0.5) is 0 Å². The fourth-order valence-electron chi connectivity index (χ4n) is 4.93. The topological polar surface area (TPSA) is 27.7 Å². The van der Waals surface area contributed by atoms with E-state index in [0.29, 0.717) is 23.9 Å². The molecular formula is C17H30O3. The van der Waals surface area contributed by atoms with Crippen LogP contribution in [0.1, 0.15) is 52.9 Å². The van der Waals surface area contributed by atoms with Gasteiger partial charge in [-0.1, -0.05) is 26.7 Å². The number of hydrogen-bond acceptors (Lipinski definition) is 3. The van der Waals surface area contributed by atoms with Gasteiger partial charge in [0.15, 0.2) is 12.6 Å². The van der Waals surface area contributed by atoms with Gasteiger partial charge >= 0.3 is 0 Å². The van der Waals surface area contributed by atoms with Crippen LogP contribution in [-0.2, 0) is 14.2 Å². The fourth-order valence-corrected chi connectivity index (χ4v) is 4.93. The lowest BCUT2D eigenvalue weighted by Gasteiger charge is -2.53. The summed E-state index contributed by atoms with van der Waals surface area (Å²) in [6.45, 7) is 6.91. The molecule has 3 nitrogen and oxygen atoms in total. The average molecular weight is 282 g/mol. The van der Waals surface area contributed by atoms with Crippen LogP contribution in [0.2, 0.25) is 0 Å². The summed E-state index contributed by atoms with van der Waals surface area (Å²) in [5.41, 5.74) is 0. The monoisotopic (exact) mass is 282 g/mol. The van der Waals surface area contributed by atoms with Crippen molar-refractivity contribution in [1.29, 1.82) is 0 Å². The van der Waals surface area contributed by atoms with Crippen LogP contribution in [0.25, 0.3) is 0 Å². The number of methoxy groups -OCH3 is 1. The van der Waals surface area contributed by atoms with Crippen molar-refractivity contribution in [3.05, 3.63) is 0 Å². The van der Waals surface area contributed by atoms with Gasteiger partial charge in [0.2, 0.25) is 0 Å². The van der Waals surface area contributed by atoms with Crippen LogP contribution >= 0.6 is 0 Å². The van der Waals surface area contributed by atoms with E-state index in [9.17, 15) is 0 Å². The maximum absolute atomic E-state index is 6.26. The third kappa shape index (κ3) is 2.53. The molecule has 2 aliphatic heterocycles. The van der Waals surface area contributed by atoms with Crippen molar-refractivity contribution in [2.45, 2.75) is 71.6 Å². The summed E-state index contributed by atoms with van der Waals surface area (Å²) in [4.78, 5) is 0. The van der Waals surface area contributed by atoms with E-state index in [2.05, 4.69) is 20.8 Å². The second-order valence-corrected chi connectivity index (χ2v) is 7.30. The van der Waals surface area contributed by atoms with Crippen LogP contribution in [-0.4, -0.2) is 25.8 Å². The van der Waals surface area contributed by atoms with Crippen molar-refractivity contribution in [1.82, 2.24) is 0 Å². The van der Waals surface area contributed by atoms with Gasteiger partial charge in [-0.3, -0.25) is 0 Å². The number of ether oxygens (including phenoxy) is 3. The highest BCUT2D eigenvalue weighted by Crippen LogP contribution is 2.51. The molecule has 0 bridgehead atoms. The van der Waals surface area contributed by atoms with Crippen molar-refractivity contribution in [3.8, 4) is 0 Å². The Morgan fingerprint density at radius 3 is 2.45 bits per heavy atom. The first-order chi connectivity index (χ1) is 9.61. The molecule has 3 fully saturated rings. The largest absolute Gasteiger partial charge is 0.355 e. The predicted octanol–water partition coefficient (Wildman–Crippen LogP) is 3.82. The van der Waals surface area contributed by atoms with E-state index < -0.39 is 0 Å². The Bertz CT molecular complexity index is 332. The zero-order valence-corrected chi connectivity index (χ0v) is 13.4. The Balaban J connectivity index is 1.88. The molecule has 0 spiro atoms. The van der Waals surface area contributed by atoms with Gasteiger partial charge < -0.3 is 14.2 Å². The van der Waals surface area contributed by atoms with Gasteiger partial charge in [0.05, 0.1) is 6.10 Å².